The third kappa shape index (κ3) is 4.56. The van der Waals surface area contributed by atoms with Crippen molar-refractivity contribution in [3.63, 3.8) is 0 Å². The van der Waals surface area contributed by atoms with E-state index in [1.165, 1.54) is 6.26 Å². The van der Waals surface area contributed by atoms with Gasteiger partial charge in [-0.3, -0.25) is 9.59 Å². The monoisotopic (exact) mass is 363 g/mol. The number of amides is 2. The minimum atomic E-state index is -0.422. The van der Waals surface area contributed by atoms with Crippen molar-refractivity contribution in [1.29, 1.82) is 0 Å². The number of hydrazone groups is 1. The van der Waals surface area contributed by atoms with E-state index in [4.69, 9.17) is 4.42 Å². The first kappa shape index (κ1) is 16.0. The molecular formula is C15H14BrN3O3. The Balaban J connectivity index is 1.83. The van der Waals surface area contributed by atoms with Gasteiger partial charge in [0.1, 0.15) is 11.5 Å². The quantitative estimate of drug-likeness (QED) is 0.631. The number of benzene rings is 1. The van der Waals surface area contributed by atoms with Crippen LogP contribution in [0.3, 0.4) is 0 Å². The van der Waals surface area contributed by atoms with Crippen LogP contribution in [0.1, 0.15) is 23.0 Å². The van der Waals surface area contributed by atoms with Gasteiger partial charge in [-0.2, -0.15) is 5.10 Å². The molecule has 22 heavy (non-hydrogen) atoms. The van der Waals surface area contributed by atoms with Gasteiger partial charge in [0.25, 0.3) is 11.8 Å². The predicted molar refractivity (Wildman–Crippen MR) is 85.5 cm³/mol. The fourth-order valence-corrected chi connectivity index (χ4v) is 2.02. The Hall–Kier alpha value is -2.41. The fourth-order valence-electron chi connectivity index (χ4n) is 1.62. The SMILES string of the molecule is C/C(=N\NC(=O)CNC(=O)c1cccc(Br)c1)c1ccco1. The minimum Gasteiger partial charge on any atom is -0.463 e. The molecule has 0 aliphatic carbocycles. The zero-order valence-electron chi connectivity index (χ0n) is 11.8. The van der Waals surface area contributed by atoms with Gasteiger partial charge in [0.2, 0.25) is 0 Å². The maximum absolute atomic E-state index is 11.9. The first-order valence-electron chi connectivity index (χ1n) is 6.47. The Morgan fingerprint density at radius 3 is 2.77 bits per heavy atom. The molecule has 0 saturated heterocycles. The van der Waals surface area contributed by atoms with Crippen LogP contribution >= 0.6 is 15.9 Å². The maximum Gasteiger partial charge on any atom is 0.259 e. The number of furan rings is 1. The molecule has 1 aromatic heterocycles. The van der Waals surface area contributed by atoms with Crippen LogP contribution in [0.4, 0.5) is 0 Å². The van der Waals surface area contributed by atoms with Gasteiger partial charge in [-0.05, 0) is 37.3 Å². The van der Waals surface area contributed by atoms with Crippen molar-refractivity contribution in [2.45, 2.75) is 6.92 Å². The molecule has 2 amide bonds. The van der Waals surface area contributed by atoms with Crippen LogP contribution in [0.5, 0.6) is 0 Å². The van der Waals surface area contributed by atoms with Crippen molar-refractivity contribution < 1.29 is 14.0 Å². The smallest absolute Gasteiger partial charge is 0.259 e. The van der Waals surface area contributed by atoms with E-state index >= 15 is 0 Å². The van der Waals surface area contributed by atoms with E-state index in [0.717, 1.165) is 4.47 Å². The summed E-state index contributed by atoms with van der Waals surface area (Å²) in [6.07, 6.45) is 1.52. The molecule has 0 aliphatic rings. The molecule has 0 unspecified atom stereocenters. The van der Waals surface area contributed by atoms with Crippen molar-refractivity contribution in [3.05, 3.63) is 58.5 Å². The number of carbonyl (C=O) groups excluding carboxylic acids is 2. The summed E-state index contributed by atoms with van der Waals surface area (Å²) in [6.45, 7) is 1.54. The van der Waals surface area contributed by atoms with Crippen molar-refractivity contribution in [2.24, 2.45) is 5.10 Å². The molecule has 0 atom stereocenters. The van der Waals surface area contributed by atoms with Crippen LogP contribution in [0.15, 0.2) is 56.7 Å². The molecule has 2 rings (SSSR count). The van der Waals surface area contributed by atoms with Crippen LogP contribution in [-0.2, 0) is 4.79 Å². The molecule has 0 fully saturated rings. The van der Waals surface area contributed by atoms with Gasteiger partial charge in [-0.1, -0.05) is 22.0 Å². The van der Waals surface area contributed by atoms with E-state index < -0.39 is 5.91 Å². The highest BCUT2D eigenvalue weighted by Crippen LogP contribution is 2.11. The average Bonchev–Trinajstić information content (AvgIpc) is 3.04. The largest absolute Gasteiger partial charge is 0.463 e. The molecule has 0 bridgehead atoms. The Morgan fingerprint density at radius 2 is 2.09 bits per heavy atom. The van der Waals surface area contributed by atoms with Crippen LogP contribution in [0, 0.1) is 0 Å². The van der Waals surface area contributed by atoms with Crippen molar-refractivity contribution in [3.8, 4) is 0 Å². The average molecular weight is 364 g/mol. The Morgan fingerprint density at radius 1 is 1.27 bits per heavy atom. The lowest BCUT2D eigenvalue weighted by molar-refractivity contribution is -0.120. The van der Waals surface area contributed by atoms with E-state index in [2.05, 4.69) is 31.8 Å². The minimum absolute atomic E-state index is 0.166. The number of nitrogens with one attached hydrogen (secondary N) is 2. The summed E-state index contributed by atoms with van der Waals surface area (Å²) in [5, 5.41) is 6.42. The molecule has 2 aromatic rings. The number of hydrogen-bond donors (Lipinski definition) is 2. The molecule has 1 heterocycles. The summed E-state index contributed by atoms with van der Waals surface area (Å²) in [5.41, 5.74) is 3.36. The third-order valence-electron chi connectivity index (χ3n) is 2.72. The third-order valence-corrected chi connectivity index (χ3v) is 3.22. The van der Waals surface area contributed by atoms with Gasteiger partial charge in [0, 0.05) is 10.0 Å². The Bertz CT molecular complexity index is 696. The molecule has 1 aromatic carbocycles. The van der Waals surface area contributed by atoms with Gasteiger partial charge >= 0.3 is 0 Å². The van der Waals surface area contributed by atoms with Crippen LogP contribution < -0.4 is 10.7 Å². The van der Waals surface area contributed by atoms with Gasteiger partial charge in [-0.25, -0.2) is 5.43 Å². The molecule has 114 valence electrons. The second-order valence-electron chi connectivity index (χ2n) is 4.40. The zero-order chi connectivity index (χ0) is 15.9. The summed E-state index contributed by atoms with van der Waals surface area (Å²) < 4.78 is 5.93. The van der Waals surface area contributed by atoms with Gasteiger partial charge in [0.15, 0.2) is 0 Å². The van der Waals surface area contributed by atoms with Crippen LogP contribution in [0.25, 0.3) is 0 Å². The highest BCUT2D eigenvalue weighted by Gasteiger charge is 2.08. The second-order valence-corrected chi connectivity index (χ2v) is 5.32. The fraction of sp³-hybridized carbons (Fsp3) is 0.133. The van der Waals surface area contributed by atoms with Gasteiger partial charge < -0.3 is 9.73 Å². The van der Waals surface area contributed by atoms with Crippen molar-refractivity contribution in [2.75, 3.05) is 6.54 Å². The Labute approximate surface area is 135 Å². The molecule has 2 N–H and O–H groups in total. The topological polar surface area (TPSA) is 83.7 Å². The molecule has 7 heteroatoms. The summed E-state index contributed by atoms with van der Waals surface area (Å²) in [6, 6.07) is 10.4. The first-order chi connectivity index (χ1) is 10.6. The van der Waals surface area contributed by atoms with Crippen LogP contribution in [-0.4, -0.2) is 24.1 Å². The summed E-state index contributed by atoms with van der Waals surface area (Å²) in [7, 11) is 0. The molecular weight excluding hydrogens is 350 g/mol. The molecule has 0 radical (unpaired) electrons. The molecule has 0 spiro atoms. The van der Waals surface area contributed by atoms with E-state index in [9.17, 15) is 9.59 Å². The number of nitrogens with zero attached hydrogens (tertiary/aromatic N) is 1. The lowest BCUT2D eigenvalue weighted by Gasteiger charge is -2.05. The standard InChI is InChI=1S/C15H14BrN3O3/c1-10(13-6-3-7-22-13)18-19-14(20)9-17-15(21)11-4-2-5-12(16)8-11/h2-8H,9H2,1H3,(H,17,21)(H,19,20)/b18-10+. The van der Waals surface area contributed by atoms with Crippen molar-refractivity contribution >= 4 is 33.5 Å². The normalized spacial score (nSPS) is 11.1. The highest BCUT2D eigenvalue weighted by molar-refractivity contribution is 9.10. The Kier molecular flexibility index (Phi) is 5.48. The lowest BCUT2D eigenvalue weighted by atomic mass is 10.2. The predicted octanol–water partition coefficient (Wildman–Crippen LogP) is 2.31. The highest BCUT2D eigenvalue weighted by atomic mass is 79.9. The summed E-state index contributed by atoms with van der Waals surface area (Å²) in [5.74, 6) is -0.184. The van der Waals surface area contributed by atoms with E-state index in [-0.39, 0.29) is 12.5 Å². The first-order valence-corrected chi connectivity index (χ1v) is 7.26. The lowest BCUT2D eigenvalue weighted by Crippen LogP contribution is -2.35. The zero-order valence-corrected chi connectivity index (χ0v) is 13.4. The summed E-state index contributed by atoms with van der Waals surface area (Å²) >= 11 is 3.28. The van der Waals surface area contributed by atoms with Crippen molar-refractivity contribution in [1.82, 2.24) is 10.7 Å². The van der Waals surface area contributed by atoms with E-state index in [1.807, 2.05) is 6.07 Å². The van der Waals surface area contributed by atoms with Gasteiger partial charge in [0.05, 0.1) is 12.8 Å². The summed E-state index contributed by atoms with van der Waals surface area (Å²) in [4.78, 5) is 23.5. The van der Waals surface area contributed by atoms with E-state index in [0.29, 0.717) is 17.0 Å². The number of halogens is 1. The van der Waals surface area contributed by atoms with Crippen LogP contribution in [0.2, 0.25) is 0 Å². The molecule has 0 aliphatic heterocycles. The number of rotatable bonds is 5. The second kappa shape index (κ2) is 7.56. The molecule has 0 saturated carbocycles. The maximum atomic E-state index is 11.9. The van der Waals surface area contributed by atoms with Gasteiger partial charge in [-0.15, -0.1) is 0 Å². The molecule has 6 nitrogen and oxygen atoms in total. The van der Waals surface area contributed by atoms with E-state index in [1.54, 1.807) is 37.3 Å². The number of hydrogen-bond acceptors (Lipinski definition) is 4. The number of carbonyl (C=O) groups is 2.